The van der Waals surface area contributed by atoms with E-state index in [0.29, 0.717) is 11.3 Å². The summed E-state index contributed by atoms with van der Waals surface area (Å²) in [4.78, 5) is 0. The average molecular weight is 265 g/mol. The van der Waals surface area contributed by atoms with Crippen molar-refractivity contribution in [2.45, 2.75) is 44.2 Å². The molecule has 1 heterocycles. The van der Waals surface area contributed by atoms with Gasteiger partial charge < -0.3 is 10.1 Å². The molecule has 1 aromatic carbocycles. The van der Waals surface area contributed by atoms with Crippen LogP contribution in [0.1, 0.15) is 44.4 Å². The fraction of sp³-hybridized carbons (Fsp3) is 0.600. The zero-order chi connectivity index (χ0) is 13.0. The molecule has 1 aromatic rings. The molecule has 18 heavy (non-hydrogen) atoms. The molecule has 100 valence electrons. The van der Waals surface area contributed by atoms with Crippen molar-refractivity contribution in [1.82, 2.24) is 5.32 Å². The molecule has 2 unspecified atom stereocenters. The lowest BCUT2D eigenvalue weighted by molar-refractivity contribution is 0.336. The molecule has 2 nitrogen and oxygen atoms in total. The van der Waals surface area contributed by atoms with Gasteiger partial charge in [-0.2, -0.15) is 11.8 Å². The van der Waals surface area contributed by atoms with Crippen molar-refractivity contribution in [3.05, 3.63) is 29.3 Å². The summed E-state index contributed by atoms with van der Waals surface area (Å²) in [5, 5.41) is 4.30. The van der Waals surface area contributed by atoms with Crippen LogP contribution in [0, 0.1) is 0 Å². The van der Waals surface area contributed by atoms with E-state index in [-0.39, 0.29) is 0 Å². The Morgan fingerprint density at radius 1 is 1.39 bits per heavy atom. The second-order valence-corrected chi connectivity index (χ2v) is 6.15. The SMILES string of the molecule is CCNC1CC(C)SCc2c(OCC)cccc21. The van der Waals surface area contributed by atoms with Crippen molar-refractivity contribution in [2.75, 3.05) is 13.2 Å². The van der Waals surface area contributed by atoms with E-state index in [1.807, 2.05) is 18.7 Å². The zero-order valence-corrected chi connectivity index (χ0v) is 12.3. The van der Waals surface area contributed by atoms with E-state index in [1.165, 1.54) is 17.5 Å². The third-order valence-corrected chi connectivity index (χ3v) is 4.59. The Kier molecular flexibility index (Phi) is 4.95. The number of ether oxygens (including phenoxy) is 1. The molecule has 1 aliphatic rings. The molecule has 0 fully saturated rings. The van der Waals surface area contributed by atoms with E-state index in [4.69, 9.17) is 4.74 Å². The van der Waals surface area contributed by atoms with E-state index in [1.54, 1.807) is 0 Å². The Morgan fingerprint density at radius 2 is 2.22 bits per heavy atom. The van der Waals surface area contributed by atoms with E-state index in [2.05, 4.69) is 37.4 Å². The second kappa shape index (κ2) is 6.48. The van der Waals surface area contributed by atoms with Crippen molar-refractivity contribution < 1.29 is 4.74 Å². The van der Waals surface area contributed by atoms with Gasteiger partial charge in [-0.25, -0.2) is 0 Å². The van der Waals surface area contributed by atoms with Crippen molar-refractivity contribution >= 4 is 11.8 Å². The predicted octanol–water partition coefficient (Wildman–Crippen LogP) is 3.76. The highest BCUT2D eigenvalue weighted by molar-refractivity contribution is 7.99. The van der Waals surface area contributed by atoms with Gasteiger partial charge in [0.05, 0.1) is 6.61 Å². The van der Waals surface area contributed by atoms with E-state index in [0.717, 1.165) is 24.7 Å². The Hall–Kier alpha value is -0.670. The standard InChI is InChI=1S/C15H23NOS/c1-4-16-14-9-11(3)18-10-13-12(14)7-6-8-15(13)17-5-2/h6-8,11,14,16H,4-5,9-10H2,1-3H3. The normalized spacial score (nSPS) is 23.3. The average Bonchev–Trinajstić information content (AvgIpc) is 2.51. The molecule has 0 amide bonds. The van der Waals surface area contributed by atoms with Gasteiger partial charge in [0.1, 0.15) is 5.75 Å². The minimum Gasteiger partial charge on any atom is -0.494 e. The number of fused-ring (bicyclic) bond motifs is 1. The van der Waals surface area contributed by atoms with Crippen LogP contribution in [-0.2, 0) is 5.75 Å². The van der Waals surface area contributed by atoms with Gasteiger partial charge in [0.2, 0.25) is 0 Å². The molecule has 1 N–H and O–H groups in total. The third kappa shape index (κ3) is 3.01. The first-order chi connectivity index (χ1) is 8.76. The summed E-state index contributed by atoms with van der Waals surface area (Å²) in [6.07, 6.45) is 1.20. The minimum absolute atomic E-state index is 0.468. The Morgan fingerprint density at radius 3 is 2.94 bits per heavy atom. The molecule has 2 atom stereocenters. The number of hydrogen-bond donors (Lipinski definition) is 1. The van der Waals surface area contributed by atoms with Gasteiger partial charge in [-0.15, -0.1) is 0 Å². The molecule has 0 saturated heterocycles. The summed E-state index contributed by atoms with van der Waals surface area (Å²) in [6.45, 7) is 8.30. The number of rotatable bonds is 4. The van der Waals surface area contributed by atoms with Crippen molar-refractivity contribution in [2.24, 2.45) is 0 Å². The monoisotopic (exact) mass is 265 g/mol. The smallest absolute Gasteiger partial charge is 0.123 e. The van der Waals surface area contributed by atoms with E-state index in [9.17, 15) is 0 Å². The maximum absolute atomic E-state index is 5.78. The summed E-state index contributed by atoms with van der Waals surface area (Å²) >= 11 is 2.03. The molecule has 0 spiro atoms. The van der Waals surface area contributed by atoms with Crippen LogP contribution in [0.5, 0.6) is 5.75 Å². The van der Waals surface area contributed by atoms with Crippen LogP contribution < -0.4 is 10.1 Å². The van der Waals surface area contributed by atoms with Gasteiger partial charge in [-0.3, -0.25) is 0 Å². The van der Waals surface area contributed by atoms with Crippen LogP contribution in [-0.4, -0.2) is 18.4 Å². The Labute approximate surface area is 114 Å². The van der Waals surface area contributed by atoms with Crippen LogP contribution in [0.3, 0.4) is 0 Å². The summed E-state index contributed by atoms with van der Waals surface area (Å²) in [7, 11) is 0. The highest BCUT2D eigenvalue weighted by Gasteiger charge is 2.24. The molecule has 3 heteroatoms. The summed E-state index contributed by atoms with van der Waals surface area (Å²) < 4.78 is 5.78. The fourth-order valence-electron chi connectivity index (χ4n) is 2.55. The van der Waals surface area contributed by atoms with Crippen molar-refractivity contribution in [3.63, 3.8) is 0 Å². The van der Waals surface area contributed by atoms with Crippen molar-refractivity contribution in [1.29, 1.82) is 0 Å². The third-order valence-electron chi connectivity index (χ3n) is 3.37. The van der Waals surface area contributed by atoms with Crippen LogP contribution >= 0.6 is 11.8 Å². The zero-order valence-electron chi connectivity index (χ0n) is 11.5. The van der Waals surface area contributed by atoms with Crippen LogP contribution in [0.15, 0.2) is 18.2 Å². The molecule has 0 aromatic heterocycles. The van der Waals surface area contributed by atoms with Gasteiger partial charge in [-0.05, 0) is 31.5 Å². The van der Waals surface area contributed by atoms with Crippen LogP contribution in [0.2, 0.25) is 0 Å². The lowest BCUT2D eigenvalue weighted by atomic mass is 9.97. The fourth-order valence-corrected chi connectivity index (χ4v) is 3.64. The number of hydrogen-bond acceptors (Lipinski definition) is 3. The van der Waals surface area contributed by atoms with Gasteiger partial charge in [0.25, 0.3) is 0 Å². The van der Waals surface area contributed by atoms with Crippen molar-refractivity contribution in [3.8, 4) is 5.75 Å². The molecule has 2 rings (SSSR count). The van der Waals surface area contributed by atoms with E-state index >= 15 is 0 Å². The topological polar surface area (TPSA) is 21.3 Å². The Bertz CT molecular complexity index is 394. The molecule has 0 aliphatic carbocycles. The molecular formula is C15H23NOS. The van der Waals surface area contributed by atoms with E-state index < -0.39 is 0 Å². The Balaban J connectivity index is 2.36. The first-order valence-electron chi connectivity index (χ1n) is 6.85. The summed E-state index contributed by atoms with van der Waals surface area (Å²) in [6, 6.07) is 6.94. The predicted molar refractivity (Wildman–Crippen MR) is 79.4 cm³/mol. The van der Waals surface area contributed by atoms with Crippen LogP contribution in [0.25, 0.3) is 0 Å². The number of thioether (sulfide) groups is 1. The minimum atomic E-state index is 0.468. The van der Waals surface area contributed by atoms with Gasteiger partial charge in [0.15, 0.2) is 0 Å². The highest BCUT2D eigenvalue weighted by Crippen LogP contribution is 2.38. The first kappa shape index (κ1) is 13.8. The molecule has 0 radical (unpaired) electrons. The maximum Gasteiger partial charge on any atom is 0.123 e. The molecule has 1 aliphatic heterocycles. The highest BCUT2D eigenvalue weighted by atomic mass is 32.2. The second-order valence-electron chi connectivity index (χ2n) is 4.72. The van der Waals surface area contributed by atoms with Gasteiger partial charge in [0, 0.05) is 22.6 Å². The van der Waals surface area contributed by atoms with Crippen LogP contribution in [0.4, 0.5) is 0 Å². The van der Waals surface area contributed by atoms with Gasteiger partial charge >= 0.3 is 0 Å². The molecule has 0 bridgehead atoms. The first-order valence-corrected chi connectivity index (χ1v) is 7.90. The molecule has 0 saturated carbocycles. The number of nitrogens with one attached hydrogen (secondary N) is 1. The summed E-state index contributed by atoms with van der Waals surface area (Å²) in [5.41, 5.74) is 2.82. The largest absolute Gasteiger partial charge is 0.494 e. The summed E-state index contributed by atoms with van der Waals surface area (Å²) in [5.74, 6) is 2.13. The van der Waals surface area contributed by atoms with Gasteiger partial charge in [-0.1, -0.05) is 26.0 Å². The lowest BCUT2D eigenvalue weighted by Crippen LogP contribution is -2.23. The molecular weight excluding hydrogens is 242 g/mol. The quantitative estimate of drug-likeness (QED) is 0.895. The number of benzene rings is 1. The lowest BCUT2D eigenvalue weighted by Gasteiger charge is -2.21. The maximum atomic E-state index is 5.78.